The number of benzene rings is 1. The van der Waals surface area contributed by atoms with E-state index in [2.05, 4.69) is 19.1 Å². The van der Waals surface area contributed by atoms with Gasteiger partial charge in [0.2, 0.25) is 0 Å². The molecule has 1 nitrogen and oxygen atoms in total. The summed E-state index contributed by atoms with van der Waals surface area (Å²) in [6.45, 7) is 2.08. The standard InChI is InChI=1S/C7H8.O.W/c1-7-5-3-2-4-6-7;;/h2-6H,1H3;;. The van der Waals surface area contributed by atoms with Gasteiger partial charge in [0.15, 0.2) is 0 Å². The number of rotatable bonds is 0. The van der Waals surface area contributed by atoms with Gasteiger partial charge in [0, 0.05) is 0 Å². The second-order valence-corrected chi connectivity index (χ2v) is 1.65. The van der Waals surface area contributed by atoms with Crippen molar-refractivity contribution in [2.24, 2.45) is 0 Å². The van der Waals surface area contributed by atoms with Gasteiger partial charge < -0.3 is 0 Å². The molecule has 0 aliphatic carbocycles. The van der Waals surface area contributed by atoms with E-state index in [-0.39, 0.29) is 0 Å². The fourth-order valence-electron chi connectivity index (χ4n) is 0.534. The Morgan fingerprint density at radius 1 is 1.11 bits per heavy atom. The molecule has 0 aliphatic heterocycles. The monoisotopic (exact) mass is 292 g/mol. The predicted molar refractivity (Wildman–Crippen MR) is 31.9 cm³/mol. The van der Waals surface area contributed by atoms with Crippen LogP contribution in [-0.4, -0.2) is 0 Å². The summed E-state index contributed by atoms with van der Waals surface area (Å²) >= 11 is 0.333. The van der Waals surface area contributed by atoms with Gasteiger partial charge in [0.05, 0.1) is 0 Å². The number of hydrogen-bond acceptors (Lipinski definition) is 1. The molecular weight excluding hydrogens is 284 g/mol. The van der Waals surface area contributed by atoms with Crippen LogP contribution in [0.15, 0.2) is 30.3 Å². The Hall–Kier alpha value is -0.292. The average Bonchev–Trinajstić information content (AvgIpc) is 1.94. The van der Waals surface area contributed by atoms with Crippen LogP contribution >= 0.6 is 0 Å². The Bertz CT molecular complexity index is 150. The van der Waals surface area contributed by atoms with Crippen molar-refractivity contribution < 1.29 is 23.2 Å². The van der Waals surface area contributed by atoms with Gasteiger partial charge in [-0.3, -0.25) is 0 Å². The number of hydrogen-bond donors (Lipinski definition) is 0. The maximum atomic E-state index is 8.33. The van der Waals surface area contributed by atoms with Crippen LogP contribution in [0, 0.1) is 6.92 Å². The summed E-state index contributed by atoms with van der Waals surface area (Å²) in [7, 11) is 0. The molecule has 0 saturated carbocycles. The Balaban J connectivity index is 0.000000291. The zero-order chi connectivity index (χ0) is 7.11. The molecule has 0 spiro atoms. The van der Waals surface area contributed by atoms with Gasteiger partial charge in [-0.05, 0) is 6.92 Å². The molecule has 0 atom stereocenters. The summed E-state index contributed by atoms with van der Waals surface area (Å²) in [5.74, 6) is 0. The van der Waals surface area contributed by atoms with Crippen LogP contribution < -0.4 is 0 Å². The van der Waals surface area contributed by atoms with Crippen molar-refractivity contribution >= 4 is 0 Å². The van der Waals surface area contributed by atoms with Gasteiger partial charge in [0.25, 0.3) is 0 Å². The van der Waals surface area contributed by atoms with E-state index in [1.54, 1.807) is 0 Å². The van der Waals surface area contributed by atoms with Crippen molar-refractivity contribution in [2.45, 2.75) is 6.92 Å². The van der Waals surface area contributed by atoms with Crippen molar-refractivity contribution in [1.82, 2.24) is 0 Å². The van der Waals surface area contributed by atoms with Crippen LogP contribution in [0.4, 0.5) is 0 Å². The minimum atomic E-state index is 0.333. The first kappa shape index (κ1) is 8.71. The average molecular weight is 292 g/mol. The molecule has 9 heavy (non-hydrogen) atoms. The van der Waals surface area contributed by atoms with E-state index in [1.165, 1.54) is 5.56 Å². The van der Waals surface area contributed by atoms with Gasteiger partial charge in [-0.2, -0.15) is 0 Å². The molecule has 1 aromatic carbocycles. The van der Waals surface area contributed by atoms with Gasteiger partial charge in [-0.1, -0.05) is 35.9 Å². The molecule has 0 saturated heterocycles. The summed E-state index contributed by atoms with van der Waals surface area (Å²) < 4.78 is 8.33. The molecule has 0 aromatic heterocycles. The third-order valence-electron chi connectivity index (χ3n) is 0.940. The molecule has 0 unspecified atom stereocenters. The van der Waals surface area contributed by atoms with Crippen LogP contribution in [-0.2, 0) is 23.2 Å². The second-order valence-electron chi connectivity index (χ2n) is 1.65. The van der Waals surface area contributed by atoms with Crippen LogP contribution in [0.2, 0.25) is 0 Å². The molecule has 0 heterocycles. The summed E-state index contributed by atoms with van der Waals surface area (Å²) in [6, 6.07) is 10.3. The molecule has 0 bridgehead atoms. The van der Waals surface area contributed by atoms with Gasteiger partial charge in [0.1, 0.15) is 0 Å². The maximum absolute atomic E-state index is 8.33. The molecule has 0 N–H and O–H groups in total. The Labute approximate surface area is 66.3 Å². The van der Waals surface area contributed by atoms with Crippen molar-refractivity contribution in [3.05, 3.63) is 35.9 Å². The van der Waals surface area contributed by atoms with E-state index in [4.69, 9.17) is 3.40 Å². The summed E-state index contributed by atoms with van der Waals surface area (Å²) in [4.78, 5) is 0. The first-order valence-electron chi connectivity index (χ1n) is 2.58. The fraction of sp³-hybridized carbons (Fsp3) is 0.143. The Morgan fingerprint density at radius 2 is 1.56 bits per heavy atom. The molecule has 1 rings (SSSR count). The minimum absolute atomic E-state index is 0.333. The second kappa shape index (κ2) is 5.84. The quantitative estimate of drug-likeness (QED) is 0.713. The zero-order valence-electron chi connectivity index (χ0n) is 5.20. The van der Waals surface area contributed by atoms with E-state index in [9.17, 15) is 0 Å². The first-order valence-corrected chi connectivity index (χ1v) is 3.77. The SMILES string of the molecule is Cc1ccccc1.[O]=[W]. The molecule has 0 aliphatic rings. The predicted octanol–water partition coefficient (Wildman–Crippen LogP) is 1.87. The van der Waals surface area contributed by atoms with Crippen molar-refractivity contribution in [3.8, 4) is 0 Å². The van der Waals surface area contributed by atoms with Gasteiger partial charge >= 0.3 is 23.2 Å². The molecule has 0 radical (unpaired) electrons. The van der Waals surface area contributed by atoms with Gasteiger partial charge in [-0.15, -0.1) is 0 Å². The van der Waals surface area contributed by atoms with Crippen molar-refractivity contribution in [2.75, 3.05) is 0 Å². The van der Waals surface area contributed by atoms with E-state index in [0.29, 0.717) is 19.8 Å². The fourth-order valence-corrected chi connectivity index (χ4v) is 0.534. The van der Waals surface area contributed by atoms with E-state index < -0.39 is 0 Å². The molecule has 0 fully saturated rings. The van der Waals surface area contributed by atoms with Crippen molar-refractivity contribution in [3.63, 3.8) is 0 Å². The number of aryl methyl sites for hydroxylation is 1. The normalized spacial score (nSPS) is 7.22. The Kier molecular flexibility index (Phi) is 5.65. The molecule has 2 heteroatoms. The Morgan fingerprint density at radius 3 is 1.78 bits per heavy atom. The van der Waals surface area contributed by atoms with E-state index in [0.717, 1.165) is 0 Å². The van der Waals surface area contributed by atoms with E-state index >= 15 is 0 Å². The van der Waals surface area contributed by atoms with Crippen LogP contribution in [0.25, 0.3) is 0 Å². The van der Waals surface area contributed by atoms with Crippen LogP contribution in [0.3, 0.4) is 0 Å². The third kappa shape index (κ3) is 4.23. The topological polar surface area (TPSA) is 17.1 Å². The zero-order valence-corrected chi connectivity index (χ0v) is 8.14. The van der Waals surface area contributed by atoms with Crippen molar-refractivity contribution in [1.29, 1.82) is 0 Å². The van der Waals surface area contributed by atoms with E-state index in [1.807, 2.05) is 18.2 Å². The molecule has 1 aromatic rings. The summed E-state index contributed by atoms with van der Waals surface area (Å²) in [5, 5.41) is 0. The summed E-state index contributed by atoms with van der Waals surface area (Å²) in [5.41, 5.74) is 1.32. The molecule has 0 amide bonds. The van der Waals surface area contributed by atoms with Crippen LogP contribution in [0.5, 0.6) is 0 Å². The summed E-state index contributed by atoms with van der Waals surface area (Å²) in [6.07, 6.45) is 0. The molecule has 48 valence electrons. The van der Waals surface area contributed by atoms with Crippen LogP contribution in [0.1, 0.15) is 5.56 Å². The molecular formula is C7H8OW. The first-order chi connectivity index (χ1) is 4.39. The van der Waals surface area contributed by atoms with Gasteiger partial charge in [-0.25, -0.2) is 0 Å². The third-order valence-corrected chi connectivity index (χ3v) is 0.940.